The largest absolute Gasteiger partial charge is 0.300 e. The van der Waals surface area contributed by atoms with Crippen LogP contribution in [0.25, 0.3) is 0 Å². The number of Topliss-reactive ketones (excluding diaryl/α,β-unsaturated/α-hetero) is 1. The van der Waals surface area contributed by atoms with Gasteiger partial charge >= 0.3 is 0 Å². The summed E-state index contributed by atoms with van der Waals surface area (Å²) in [5.74, 6) is 0.871. The van der Waals surface area contributed by atoms with E-state index in [1.54, 1.807) is 11.3 Å². The summed E-state index contributed by atoms with van der Waals surface area (Å²) in [4.78, 5) is 12.8. The van der Waals surface area contributed by atoms with Crippen molar-refractivity contribution in [3.8, 4) is 0 Å². The lowest BCUT2D eigenvalue weighted by Crippen LogP contribution is -2.06. The maximum absolute atomic E-state index is 11.4. The van der Waals surface area contributed by atoms with Gasteiger partial charge in [-0.2, -0.15) is 0 Å². The highest BCUT2D eigenvalue weighted by Crippen LogP contribution is 2.25. The number of halogens is 1. The summed E-state index contributed by atoms with van der Waals surface area (Å²) < 4.78 is 1.17. The Balaban J connectivity index is 2.35. The summed E-state index contributed by atoms with van der Waals surface area (Å²) in [7, 11) is 0. The maximum Gasteiger partial charge on any atom is 0.133 e. The van der Waals surface area contributed by atoms with Crippen LogP contribution in [0.2, 0.25) is 0 Å². The van der Waals surface area contributed by atoms with Crippen molar-refractivity contribution in [1.29, 1.82) is 0 Å². The molecule has 1 atom stereocenters. The Morgan fingerprint density at radius 1 is 1.53 bits per heavy atom. The predicted molar refractivity (Wildman–Crippen MR) is 69.4 cm³/mol. The third-order valence-corrected chi connectivity index (χ3v) is 3.93. The summed E-state index contributed by atoms with van der Waals surface area (Å²) in [6, 6.07) is 4.20. The van der Waals surface area contributed by atoms with Crippen LogP contribution in [0, 0.1) is 5.92 Å². The Hall–Kier alpha value is -0.150. The van der Waals surface area contributed by atoms with Gasteiger partial charge in [-0.05, 0) is 46.8 Å². The average molecular weight is 289 g/mol. The number of hydrogen-bond donors (Lipinski definition) is 0. The number of carbonyl (C=O) groups excluding carboxylic acids is 1. The smallest absolute Gasteiger partial charge is 0.133 e. The van der Waals surface area contributed by atoms with Gasteiger partial charge in [0, 0.05) is 17.7 Å². The van der Waals surface area contributed by atoms with Crippen molar-refractivity contribution in [3.05, 3.63) is 20.8 Å². The molecule has 0 aromatic carbocycles. The van der Waals surface area contributed by atoms with Crippen LogP contribution >= 0.6 is 27.3 Å². The molecule has 0 spiro atoms. The lowest BCUT2D eigenvalue weighted by Gasteiger charge is -2.08. The van der Waals surface area contributed by atoms with Gasteiger partial charge in [0.25, 0.3) is 0 Å². The van der Waals surface area contributed by atoms with Crippen molar-refractivity contribution in [2.45, 2.75) is 39.5 Å². The molecular formula is C12H17BrOS. The highest BCUT2D eigenvalue weighted by molar-refractivity contribution is 9.11. The lowest BCUT2D eigenvalue weighted by molar-refractivity contribution is -0.119. The summed E-state index contributed by atoms with van der Waals surface area (Å²) in [5, 5.41) is 0. The molecule has 84 valence electrons. The van der Waals surface area contributed by atoms with Crippen molar-refractivity contribution < 1.29 is 4.79 Å². The predicted octanol–water partition coefficient (Wildman–Crippen LogP) is 4.45. The Morgan fingerprint density at radius 3 is 2.80 bits per heavy atom. The molecule has 0 bridgehead atoms. The second kappa shape index (κ2) is 6.44. The number of hydrogen-bond acceptors (Lipinski definition) is 2. The fraction of sp³-hybridized carbons (Fsp3) is 0.583. The third-order valence-electron chi connectivity index (χ3n) is 2.28. The van der Waals surface area contributed by atoms with Crippen LogP contribution in [0.3, 0.4) is 0 Å². The molecule has 15 heavy (non-hydrogen) atoms. The minimum atomic E-state index is 0.403. The van der Waals surface area contributed by atoms with Gasteiger partial charge < -0.3 is 0 Å². The van der Waals surface area contributed by atoms with Crippen molar-refractivity contribution in [2.24, 2.45) is 5.92 Å². The first kappa shape index (κ1) is 12.9. The average Bonchev–Trinajstić information content (AvgIpc) is 2.51. The molecule has 0 aliphatic heterocycles. The highest BCUT2D eigenvalue weighted by Gasteiger charge is 2.10. The molecule has 1 unspecified atom stereocenters. The van der Waals surface area contributed by atoms with Crippen LogP contribution in [0.5, 0.6) is 0 Å². The second-order valence-electron chi connectivity index (χ2n) is 4.01. The standard InChI is InChI=1S/C12H17BrOS/c1-3-4-10(14)7-9(2)8-11-5-6-12(13)15-11/h5-6,9H,3-4,7-8H2,1-2H3. The van der Waals surface area contributed by atoms with E-state index in [9.17, 15) is 4.79 Å². The zero-order valence-corrected chi connectivity index (χ0v) is 11.7. The van der Waals surface area contributed by atoms with E-state index in [2.05, 4.69) is 41.9 Å². The Labute approximate surface area is 104 Å². The van der Waals surface area contributed by atoms with Gasteiger partial charge in [0.15, 0.2) is 0 Å². The first-order valence-corrected chi connectivity index (χ1v) is 6.98. The van der Waals surface area contributed by atoms with E-state index in [1.807, 2.05) is 0 Å². The van der Waals surface area contributed by atoms with E-state index < -0.39 is 0 Å². The molecule has 0 N–H and O–H groups in total. The van der Waals surface area contributed by atoms with Crippen molar-refractivity contribution in [1.82, 2.24) is 0 Å². The maximum atomic E-state index is 11.4. The molecule has 0 saturated heterocycles. The molecule has 1 heterocycles. The van der Waals surface area contributed by atoms with E-state index >= 15 is 0 Å². The lowest BCUT2D eigenvalue weighted by atomic mass is 9.98. The molecular weight excluding hydrogens is 272 g/mol. The SMILES string of the molecule is CCCC(=O)CC(C)Cc1ccc(Br)s1. The zero-order chi connectivity index (χ0) is 11.3. The Morgan fingerprint density at radius 2 is 2.27 bits per heavy atom. The molecule has 1 aromatic heterocycles. The van der Waals surface area contributed by atoms with E-state index in [0.29, 0.717) is 11.7 Å². The molecule has 1 nitrogen and oxygen atoms in total. The molecule has 1 rings (SSSR count). The minimum Gasteiger partial charge on any atom is -0.300 e. The van der Waals surface area contributed by atoms with Crippen molar-refractivity contribution in [2.75, 3.05) is 0 Å². The topological polar surface area (TPSA) is 17.1 Å². The van der Waals surface area contributed by atoms with Gasteiger partial charge in [-0.25, -0.2) is 0 Å². The van der Waals surface area contributed by atoms with Crippen LogP contribution < -0.4 is 0 Å². The fourth-order valence-corrected chi connectivity index (χ4v) is 3.29. The summed E-state index contributed by atoms with van der Waals surface area (Å²) >= 11 is 5.21. The van der Waals surface area contributed by atoms with Crippen LogP contribution in [-0.4, -0.2) is 5.78 Å². The van der Waals surface area contributed by atoms with E-state index in [0.717, 1.165) is 25.7 Å². The van der Waals surface area contributed by atoms with Crippen LogP contribution in [0.1, 0.15) is 38.0 Å². The molecule has 0 fully saturated rings. The quantitative estimate of drug-likeness (QED) is 0.756. The molecule has 0 aliphatic carbocycles. The van der Waals surface area contributed by atoms with Crippen molar-refractivity contribution >= 4 is 33.0 Å². The Bertz CT molecular complexity index is 319. The van der Waals surface area contributed by atoms with Gasteiger partial charge in [0.2, 0.25) is 0 Å². The monoisotopic (exact) mass is 288 g/mol. The van der Waals surface area contributed by atoms with Gasteiger partial charge in [0.05, 0.1) is 3.79 Å². The molecule has 1 aromatic rings. The van der Waals surface area contributed by atoms with Gasteiger partial charge in [-0.3, -0.25) is 4.79 Å². The summed E-state index contributed by atoms with van der Waals surface area (Å²) in [5.41, 5.74) is 0. The summed E-state index contributed by atoms with van der Waals surface area (Å²) in [6.45, 7) is 4.21. The van der Waals surface area contributed by atoms with Gasteiger partial charge in [-0.15, -0.1) is 11.3 Å². The molecule has 0 amide bonds. The van der Waals surface area contributed by atoms with Gasteiger partial charge in [0.1, 0.15) is 5.78 Å². The fourth-order valence-electron chi connectivity index (χ4n) is 1.65. The first-order valence-electron chi connectivity index (χ1n) is 5.37. The normalized spacial score (nSPS) is 12.7. The van der Waals surface area contributed by atoms with Crippen LogP contribution in [0.4, 0.5) is 0 Å². The molecule has 3 heteroatoms. The number of thiophene rings is 1. The molecule has 0 saturated carbocycles. The van der Waals surface area contributed by atoms with E-state index in [-0.39, 0.29) is 0 Å². The minimum absolute atomic E-state index is 0.403. The molecule has 0 aliphatic rings. The highest BCUT2D eigenvalue weighted by atomic mass is 79.9. The zero-order valence-electron chi connectivity index (χ0n) is 9.25. The van der Waals surface area contributed by atoms with Crippen LogP contribution in [0.15, 0.2) is 15.9 Å². The molecule has 0 radical (unpaired) electrons. The van der Waals surface area contributed by atoms with E-state index in [4.69, 9.17) is 0 Å². The van der Waals surface area contributed by atoms with E-state index in [1.165, 1.54) is 8.66 Å². The summed E-state index contributed by atoms with van der Waals surface area (Å²) in [6.07, 6.45) is 3.45. The first-order chi connectivity index (χ1) is 7.11. The van der Waals surface area contributed by atoms with Crippen LogP contribution in [-0.2, 0) is 11.2 Å². The number of ketones is 1. The third kappa shape index (κ3) is 4.94. The Kier molecular flexibility index (Phi) is 5.54. The van der Waals surface area contributed by atoms with Crippen molar-refractivity contribution in [3.63, 3.8) is 0 Å². The second-order valence-corrected chi connectivity index (χ2v) is 6.56. The van der Waals surface area contributed by atoms with Gasteiger partial charge in [-0.1, -0.05) is 13.8 Å². The number of carbonyl (C=O) groups is 1. The number of rotatable bonds is 6.